The van der Waals surface area contributed by atoms with Gasteiger partial charge in [-0.2, -0.15) is 0 Å². The summed E-state index contributed by atoms with van der Waals surface area (Å²) in [5.74, 6) is 1.09. The largest absolute Gasteiger partial charge is 0.381 e. The Morgan fingerprint density at radius 1 is 1.23 bits per heavy atom. The number of hydrogen-bond donors (Lipinski definition) is 1. The Labute approximate surface area is 176 Å². The maximum absolute atomic E-state index is 5.81. The zero-order chi connectivity index (χ0) is 17.7. The van der Waals surface area contributed by atoms with Gasteiger partial charge in [-0.25, -0.2) is 0 Å². The fourth-order valence-corrected chi connectivity index (χ4v) is 4.46. The first-order valence-corrected chi connectivity index (χ1v) is 10.1. The summed E-state index contributed by atoms with van der Waals surface area (Å²) in [4.78, 5) is 9.86. The van der Waals surface area contributed by atoms with E-state index < -0.39 is 0 Å². The van der Waals surface area contributed by atoms with Gasteiger partial charge in [0.25, 0.3) is 0 Å². The maximum atomic E-state index is 5.81. The second kappa shape index (κ2) is 10.4. The number of guanidine groups is 1. The Morgan fingerprint density at radius 3 is 2.65 bits per heavy atom. The van der Waals surface area contributed by atoms with Crippen molar-refractivity contribution < 1.29 is 9.47 Å². The molecule has 3 aliphatic rings. The van der Waals surface area contributed by atoms with E-state index in [2.05, 4.69) is 35.9 Å². The Bertz CT molecular complexity index is 447. The molecule has 0 aliphatic carbocycles. The number of nitrogens with zero attached hydrogens (tertiary/aromatic N) is 3. The van der Waals surface area contributed by atoms with Crippen molar-refractivity contribution in [1.29, 1.82) is 0 Å². The van der Waals surface area contributed by atoms with Gasteiger partial charge < -0.3 is 19.7 Å². The Morgan fingerprint density at radius 2 is 2.00 bits per heavy atom. The van der Waals surface area contributed by atoms with Crippen molar-refractivity contribution in [3.05, 3.63) is 0 Å². The molecule has 0 aromatic rings. The van der Waals surface area contributed by atoms with Crippen molar-refractivity contribution in [3.63, 3.8) is 0 Å². The summed E-state index contributed by atoms with van der Waals surface area (Å²) in [6.45, 7) is 15.6. The van der Waals surface area contributed by atoms with Crippen LogP contribution in [0.15, 0.2) is 4.99 Å². The van der Waals surface area contributed by atoms with Gasteiger partial charge in [-0.1, -0.05) is 0 Å². The van der Waals surface area contributed by atoms with Crippen LogP contribution in [0.2, 0.25) is 0 Å². The second-order valence-corrected chi connectivity index (χ2v) is 8.08. The molecule has 3 heterocycles. The molecule has 3 unspecified atom stereocenters. The smallest absolute Gasteiger partial charge is 0.193 e. The summed E-state index contributed by atoms with van der Waals surface area (Å²) in [5.41, 5.74) is 0.385. The van der Waals surface area contributed by atoms with Crippen LogP contribution in [0.4, 0.5) is 0 Å². The molecule has 0 aromatic heterocycles. The van der Waals surface area contributed by atoms with Crippen molar-refractivity contribution in [3.8, 4) is 0 Å². The van der Waals surface area contributed by atoms with Crippen molar-refractivity contribution in [1.82, 2.24) is 15.1 Å². The number of nitrogens with one attached hydrogen (secondary N) is 1. The van der Waals surface area contributed by atoms with E-state index in [1.165, 1.54) is 12.8 Å². The number of likely N-dealkylation sites (tertiary alicyclic amines) is 1. The number of rotatable bonds is 5. The van der Waals surface area contributed by atoms with Gasteiger partial charge in [0, 0.05) is 57.8 Å². The van der Waals surface area contributed by atoms with Crippen molar-refractivity contribution in [2.45, 2.75) is 52.2 Å². The Balaban J connectivity index is 0.00000243. The molecule has 3 saturated heterocycles. The lowest BCUT2D eigenvalue weighted by atomic mass is 9.87. The highest BCUT2D eigenvalue weighted by Gasteiger charge is 2.42. The lowest BCUT2D eigenvalue weighted by Crippen LogP contribution is -2.45. The highest BCUT2D eigenvalue weighted by molar-refractivity contribution is 14.0. The third-order valence-electron chi connectivity index (χ3n) is 5.65. The van der Waals surface area contributed by atoms with Crippen LogP contribution in [-0.2, 0) is 9.47 Å². The molecule has 26 heavy (non-hydrogen) atoms. The first kappa shape index (κ1) is 22.2. The fraction of sp³-hybridized carbons (Fsp3) is 0.947. The lowest BCUT2D eigenvalue weighted by Gasteiger charge is -2.35. The maximum Gasteiger partial charge on any atom is 0.193 e. The number of morpholine rings is 1. The monoisotopic (exact) mass is 480 g/mol. The van der Waals surface area contributed by atoms with Crippen LogP contribution in [0, 0.1) is 5.41 Å². The van der Waals surface area contributed by atoms with Gasteiger partial charge in [-0.15, -0.1) is 24.0 Å². The average molecular weight is 480 g/mol. The normalized spacial score (nSPS) is 32.9. The molecule has 3 atom stereocenters. The van der Waals surface area contributed by atoms with Crippen LogP contribution in [0.5, 0.6) is 0 Å². The molecule has 3 aliphatic heterocycles. The van der Waals surface area contributed by atoms with E-state index in [0.717, 1.165) is 71.4 Å². The van der Waals surface area contributed by atoms with Crippen LogP contribution in [0.1, 0.15) is 40.0 Å². The number of aliphatic imine (C=N–C) groups is 1. The molecule has 0 aromatic carbocycles. The lowest BCUT2D eigenvalue weighted by molar-refractivity contribution is -0.0679. The first-order valence-electron chi connectivity index (χ1n) is 10.1. The third kappa shape index (κ3) is 5.94. The molecule has 7 heteroatoms. The van der Waals surface area contributed by atoms with Gasteiger partial charge in [0.15, 0.2) is 5.96 Å². The standard InChI is InChI=1S/C19H36N4O2.HI/c1-4-20-18(23-10-6-19(14-23)7-11-24-15-19)21-8-5-9-22-12-16(2)25-17(3)13-22;/h16-17H,4-15H2,1-3H3,(H,20,21);1H. The molecule has 0 bridgehead atoms. The molecule has 3 rings (SSSR count). The summed E-state index contributed by atoms with van der Waals surface area (Å²) in [5, 5.41) is 3.48. The number of hydrogen-bond acceptors (Lipinski definition) is 4. The number of ether oxygens (including phenoxy) is 2. The quantitative estimate of drug-likeness (QED) is 0.283. The van der Waals surface area contributed by atoms with Crippen LogP contribution in [0.25, 0.3) is 0 Å². The van der Waals surface area contributed by atoms with Crippen molar-refractivity contribution >= 4 is 29.9 Å². The van der Waals surface area contributed by atoms with E-state index in [0.29, 0.717) is 17.6 Å². The molecule has 152 valence electrons. The van der Waals surface area contributed by atoms with Gasteiger partial charge in [0.2, 0.25) is 0 Å². The Hall–Kier alpha value is -0.120. The van der Waals surface area contributed by atoms with Crippen molar-refractivity contribution in [2.75, 3.05) is 59.0 Å². The fourth-order valence-electron chi connectivity index (χ4n) is 4.46. The third-order valence-corrected chi connectivity index (χ3v) is 5.65. The minimum atomic E-state index is 0. The second-order valence-electron chi connectivity index (χ2n) is 8.08. The minimum absolute atomic E-state index is 0. The summed E-state index contributed by atoms with van der Waals surface area (Å²) >= 11 is 0. The zero-order valence-electron chi connectivity index (χ0n) is 16.7. The van der Waals surface area contributed by atoms with Crippen LogP contribution < -0.4 is 5.32 Å². The first-order chi connectivity index (χ1) is 12.1. The van der Waals surface area contributed by atoms with Gasteiger partial charge >= 0.3 is 0 Å². The highest BCUT2D eigenvalue weighted by Crippen LogP contribution is 2.38. The van der Waals surface area contributed by atoms with E-state index in [-0.39, 0.29) is 24.0 Å². The van der Waals surface area contributed by atoms with E-state index in [1.54, 1.807) is 0 Å². The van der Waals surface area contributed by atoms with Gasteiger partial charge in [0.1, 0.15) is 0 Å². The highest BCUT2D eigenvalue weighted by atomic mass is 127. The van der Waals surface area contributed by atoms with Crippen molar-refractivity contribution in [2.24, 2.45) is 10.4 Å². The summed E-state index contributed by atoms with van der Waals surface area (Å²) in [6.07, 6.45) is 4.24. The summed E-state index contributed by atoms with van der Waals surface area (Å²) in [7, 11) is 0. The average Bonchev–Trinajstić information content (AvgIpc) is 3.20. The van der Waals surface area contributed by atoms with E-state index in [9.17, 15) is 0 Å². The predicted octanol–water partition coefficient (Wildman–Crippen LogP) is 2.18. The van der Waals surface area contributed by atoms with Crippen LogP contribution in [-0.4, -0.2) is 87.0 Å². The van der Waals surface area contributed by atoms with E-state index in [4.69, 9.17) is 14.5 Å². The summed E-state index contributed by atoms with van der Waals surface area (Å²) < 4.78 is 11.5. The number of halogens is 1. The van der Waals surface area contributed by atoms with Crippen LogP contribution >= 0.6 is 24.0 Å². The minimum Gasteiger partial charge on any atom is -0.381 e. The molecule has 1 N–H and O–H groups in total. The molecule has 1 spiro atoms. The Kier molecular flexibility index (Phi) is 8.90. The molecule has 6 nitrogen and oxygen atoms in total. The van der Waals surface area contributed by atoms with Gasteiger partial charge in [-0.3, -0.25) is 9.89 Å². The van der Waals surface area contributed by atoms with E-state index >= 15 is 0 Å². The SMILES string of the molecule is CCNC(=NCCCN1CC(C)OC(C)C1)N1CCC2(CCOC2)C1.I. The summed E-state index contributed by atoms with van der Waals surface area (Å²) in [6, 6.07) is 0. The zero-order valence-corrected chi connectivity index (χ0v) is 19.0. The van der Waals surface area contributed by atoms with Gasteiger partial charge in [-0.05, 0) is 40.0 Å². The topological polar surface area (TPSA) is 49.3 Å². The predicted molar refractivity (Wildman–Crippen MR) is 117 cm³/mol. The molecule has 0 amide bonds. The molecule has 0 saturated carbocycles. The molecular formula is C19H37IN4O2. The van der Waals surface area contributed by atoms with E-state index in [1.807, 2.05) is 0 Å². The molecular weight excluding hydrogens is 443 g/mol. The van der Waals surface area contributed by atoms with Gasteiger partial charge in [0.05, 0.1) is 18.8 Å². The molecule has 3 fully saturated rings. The van der Waals surface area contributed by atoms with Crippen LogP contribution in [0.3, 0.4) is 0 Å². The molecule has 0 radical (unpaired) electrons.